The van der Waals surface area contributed by atoms with Crippen LogP contribution in [0.5, 0.6) is 0 Å². The Kier molecular flexibility index (Phi) is 3.92. The van der Waals surface area contributed by atoms with Gasteiger partial charge in [-0.25, -0.2) is 0 Å². The van der Waals surface area contributed by atoms with Crippen molar-refractivity contribution in [2.24, 2.45) is 5.92 Å². The molecule has 0 saturated heterocycles. The van der Waals surface area contributed by atoms with E-state index in [0.717, 1.165) is 0 Å². The summed E-state index contributed by atoms with van der Waals surface area (Å²) in [5, 5.41) is 19.0. The van der Waals surface area contributed by atoms with Crippen LogP contribution >= 0.6 is 0 Å². The summed E-state index contributed by atoms with van der Waals surface area (Å²) in [6.45, 7) is 1.51. The second-order valence-corrected chi connectivity index (χ2v) is 3.67. The Hall–Kier alpha value is -2.24. The first-order valence-electron chi connectivity index (χ1n) is 4.92. The zero-order valence-electron chi connectivity index (χ0n) is 9.12. The maximum atomic E-state index is 11.7. The largest absolute Gasteiger partial charge is 0.481 e. The molecule has 0 bridgehead atoms. The lowest BCUT2D eigenvalue weighted by Crippen LogP contribution is -2.15. The number of carbonyl (C=O) groups excluding carboxylic acids is 1. The molecule has 0 aromatic heterocycles. The lowest BCUT2D eigenvalue weighted by atomic mass is 9.96. The second kappa shape index (κ2) is 5.20. The highest BCUT2D eigenvalue weighted by molar-refractivity contribution is 5.99. The highest BCUT2D eigenvalue weighted by Crippen LogP contribution is 2.16. The van der Waals surface area contributed by atoms with E-state index in [1.165, 1.54) is 31.2 Å². The van der Waals surface area contributed by atoms with Gasteiger partial charge in [-0.3, -0.25) is 19.7 Å². The minimum Gasteiger partial charge on any atom is -0.481 e. The molecule has 1 N–H and O–H groups in total. The van der Waals surface area contributed by atoms with Crippen molar-refractivity contribution in [3.8, 4) is 0 Å². The van der Waals surface area contributed by atoms with Crippen LogP contribution in [-0.4, -0.2) is 21.8 Å². The van der Waals surface area contributed by atoms with Gasteiger partial charge < -0.3 is 5.11 Å². The van der Waals surface area contributed by atoms with Gasteiger partial charge in [0.1, 0.15) is 0 Å². The van der Waals surface area contributed by atoms with E-state index in [0.29, 0.717) is 0 Å². The van der Waals surface area contributed by atoms with Gasteiger partial charge in [0.05, 0.1) is 11.3 Å². The fraction of sp³-hybridized carbons (Fsp3) is 0.273. The molecule has 6 heteroatoms. The van der Waals surface area contributed by atoms with E-state index < -0.39 is 16.8 Å². The number of carboxylic acid groups (broad SMARTS) is 1. The molecule has 1 aromatic carbocycles. The number of aliphatic carboxylic acids is 1. The van der Waals surface area contributed by atoms with E-state index >= 15 is 0 Å². The van der Waals surface area contributed by atoms with E-state index in [4.69, 9.17) is 5.11 Å². The smallest absolute Gasteiger partial charge is 0.304 e. The van der Waals surface area contributed by atoms with Gasteiger partial charge in [-0.15, -0.1) is 0 Å². The quantitative estimate of drug-likeness (QED) is 0.479. The van der Waals surface area contributed by atoms with E-state index in [1.54, 1.807) is 0 Å². The molecule has 0 radical (unpaired) electrons. The van der Waals surface area contributed by atoms with Gasteiger partial charge in [0.2, 0.25) is 0 Å². The van der Waals surface area contributed by atoms with Gasteiger partial charge in [0.15, 0.2) is 5.78 Å². The van der Waals surface area contributed by atoms with Gasteiger partial charge in [0.25, 0.3) is 5.69 Å². The van der Waals surface area contributed by atoms with E-state index in [1.807, 2.05) is 0 Å². The maximum Gasteiger partial charge on any atom is 0.304 e. The summed E-state index contributed by atoms with van der Waals surface area (Å²) in [5.74, 6) is -2.02. The van der Waals surface area contributed by atoms with Gasteiger partial charge in [0, 0.05) is 23.6 Å². The van der Waals surface area contributed by atoms with Crippen LogP contribution in [0.1, 0.15) is 23.7 Å². The van der Waals surface area contributed by atoms with Crippen molar-refractivity contribution in [3.05, 3.63) is 39.9 Å². The summed E-state index contributed by atoms with van der Waals surface area (Å²) in [5.41, 5.74) is 0.178. The molecule has 0 aliphatic heterocycles. The summed E-state index contributed by atoms with van der Waals surface area (Å²) < 4.78 is 0. The Morgan fingerprint density at radius 2 is 1.88 bits per heavy atom. The minimum atomic E-state index is -1.05. The molecule has 0 saturated carbocycles. The third-order valence-electron chi connectivity index (χ3n) is 2.29. The van der Waals surface area contributed by atoms with E-state index in [-0.39, 0.29) is 23.5 Å². The van der Waals surface area contributed by atoms with Crippen LogP contribution in [0.2, 0.25) is 0 Å². The number of nitrogens with zero attached hydrogens (tertiary/aromatic N) is 1. The second-order valence-electron chi connectivity index (χ2n) is 3.67. The van der Waals surface area contributed by atoms with Crippen molar-refractivity contribution in [2.45, 2.75) is 13.3 Å². The van der Waals surface area contributed by atoms with Gasteiger partial charge in [-0.1, -0.05) is 6.92 Å². The molecule has 0 aliphatic carbocycles. The molecule has 0 fully saturated rings. The Labute approximate surface area is 97.0 Å². The average molecular weight is 237 g/mol. The summed E-state index contributed by atoms with van der Waals surface area (Å²) in [7, 11) is 0. The van der Waals surface area contributed by atoms with Crippen LogP contribution in [0.3, 0.4) is 0 Å². The summed E-state index contributed by atoms with van der Waals surface area (Å²) >= 11 is 0. The van der Waals surface area contributed by atoms with Crippen LogP contribution in [-0.2, 0) is 4.79 Å². The van der Waals surface area contributed by atoms with Crippen molar-refractivity contribution in [1.82, 2.24) is 0 Å². The number of Topliss-reactive ketones (excluding diaryl/α,β-unsaturated/α-hetero) is 1. The van der Waals surface area contributed by atoms with Gasteiger partial charge in [-0.2, -0.15) is 0 Å². The minimum absolute atomic E-state index is 0.104. The van der Waals surface area contributed by atoms with Crippen molar-refractivity contribution < 1.29 is 19.6 Å². The van der Waals surface area contributed by atoms with Gasteiger partial charge >= 0.3 is 5.97 Å². The normalized spacial score (nSPS) is 11.8. The fourth-order valence-electron chi connectivity index (χ4n) is 1.39. The Bertz CT molecular complexity index is 451. The van der Waals surface area contributed by atoms with Crippen molar-refractivity contribution >= 4 is 17.4 Å². The van der Waals surface area contributed by atoms with Crippen molar-refractivity contribution in [3.63, 3.8) is 0 Å². The van der Waals surface area contributed by atoms with Gasteiger partial charge in [-0.05, 0) is 12.1 Å². The monoisotopic (exact) mass is 237 g/mol. The molecule has 0 amide bonds. The molecule has 1 atom stereocenters. The van der Waals surface area contributed by atoms with Crippen LogP contribution in [0.15, 0.2) is 24.3 Å². The topological polar surface area (TPSA) is 97.5 Å². The summed E-state index contributed by atoms with van der Waals surface area (Å²) in [6, 6.07) is 5.11. The number of rotatable bonds is 5. The molecule has 1 aromatic rings. The third-order valence-corrected chi connectivity index (χ3v) is 2.29. The zero-order valence-corrected chi connectivity index (χ0v) is 9.12. The highest BCUT2D eigenvalue weighted by Gasteiger charge is 2.18. The Balaban J connectivity index is 2.82. The first kappa shape index (κ1) is 12.8. The number of hydrogen-bond acceptors (Lipinski definition) is 4. The molecule has 0 spiro atoms. The van der Waals surface area contributed by atoms with E-state index in [9.17, 15) is 19.7 Å². The summed E-state index contributed by atoms with van der Waals surface area (Å²) in [4.78, 5) is 32.0. The molecule has 0 aliphatic rings. The Morgan fingerprint density at radius 3 is 2.29 bits per heavy atom. The lowest BCUT2D eigenvalue weighted by molar-refractivity contribution is -0.384. The van der Waals surface area contributed by atoms with Crippen LogP contribution < -0.4 is 0 Å². The molecule has 6 nitrogen and oxygen atoms in total. The molecule has 0 unspecified atom stereocenters. The predicted molar refractivity (Wildman–Crippen MR) is 58.8 cm³/mol. The van der Waals surface area contributed by atoms with Crippen LogP contribution in [0.4, 0.5) is 5.69 Å². The molecule has 1 rings (SSSR count). The molecular weight excluding hydrogens is 226 g/mol. The highest BCUT2D eigenvalue weighted by atomic mass is 16.6. The number of ketones is 1. The standard InChI is InChI=1S/C11H11NO5/c1-7(6-10(13)14)11(15)8-2-4-9(5-3-8)12(16)17/h2-5,7H,6H2,1H3,(H,13,14)/t7-/m1/s1. The van der Waals surface area contributed by atoms with Crippen molar-refractivity contribution in [2.75, 3.05) is 0 Å². The predicted octanol–water partition coefficient (Wildman–Crippen LogP) is 1.89. The maximum absolute atomic E-state index is 11.7. The van der Waals surface area contributed by atoms with Crippen molar-refractivity contribution in [1.29, 1.82) is 0 Å². The molecule has 17 heavy (non-hydrogen) atoms. The van der Waals surface area contributed by atoms with Crippen LogP contribution in [0.25, 0.3) is 0 Å². The fourth-order valence-corrected chi connectivity index (χ4v) is 1.39. The SMILES string of the molecule is C[C@H](CC(=O)O)C(=O)c1ccc([N+](=O)[O-])cc1. The molecular formula is C11H11NO5. The summed E-state index contributed by atoms with van der Waals surface area (Å²) in [6.07, 6.45) is -0.254. The molecule has 0 heterocycles. The average Bonchev–Trinajstić information content (AvgIpc) is 2.27. The number of carboxylic acids is 1. The number of carbonyl (C=O) groups is 2. The van der Waals surface area contributed by atoms with Crippen LogP contribution in [0, 0.1) is 16.0 Å². The first-order valence-corrected chi connectivity index (χ1v) is 4.92. The Morgan fingerprint density at radius 1 is 1.35 bits per heavy atom. The first-order chi connectivity index (χ1) is 7.91. The zero-order chi connectivity index (χ0) is 13.0. The lowest BCUT2D eigenvalue weighted by Gasteiger charge is -2.07. The number of nitro groups is 1. The number of non-ortho nitro benzene ring substituents is 1. The number of benzene rings is 1. The third kappa shape index (κ3) is 3.37. The number of nitro benzene ring substituents is 1. The molecule has 90 valence electrons. The van der Waals surface area contributed by atoms with E-state index in [2.05, 4.69) is 0 Å². The number of hydrogen-bond donors (Lipinski definition) is 1.